The number of fused-ring (bicyclic) bond motifs is 1. The van der Waals surface area contributed by atoms with Crippen molar-refractivity contribution in [2.45, 2.75) is 11.9 Å². The molecule has 0 unspecified atom stereocenters. The number of amides is 1. The van der Waals surface area contributed by atoms with E-state index < -0.39 is 0 Å². The summed E-state index contributed by atoms with van der Waals surface area (Å²) < 4.78 is 19.6. The number of carbonyl (C=O) groups excluding carboxylic acids is 1. The highest BCUT2D eigenvalue weighted by Gasteiger charge is 2.22. The van der Waals surface area contributed by atoms with Gasteiger partial charge in [-0.05, 0) is 69.9 Å². The number of benzene rings is 5. The Balaban J connectivity index is 0.000000407. The minimum Gasteiger partial charge on any atom is -0.455 e. The summed E-state index contributed by atoms with van der Waals surface area (Å²) in [6, 6.07) is 39.7. The number of furan rings is 1. The molecule has 0 fully saturated rings. The minimum atomic E-state index is -0.358. The van der Waals surface area contributed by atoms with Gasteiger partial charge in [-0.2, -0.15) is 4.80 Å². The first-order valence-electron chi connectivity index (χ1n) is 14.6. The van der Waals surface area contributed by atoms with E-state index in [2.05, 4.69) is 48.8 Å². The van der Waals surface area contributed by atoms with Gasteiger partial charge in [0.25, 0.3) is 5.91 Å². The van der Waals surface area contributed by atoms with Crippen molar-refractivity contribution >= 4 is 32.8 Å². The zero-order chi connectivity index (χ0) is 31.9. The lowest BCUT2D eigenvalue weighted by atomic mass is 9.99. The van der Waals surface area contributed by atoms with Gasteiger partial charge in [-0.15, -0.1) is 10.2 Å². The molecule has 0 spiro atoms. The normalized spacial score (nSPS) is 10.8. The maximum absolute atomic E-state index is 13.5. The zero-order valence-electron chi connectivity index (χ0n) is 24.9. The minimum absolute atomic E-state index is 0.284. The third kappa shape index (κ3) is 6.95. The van der Waals surface area contributed by atoms with Crippen molar-refractivity contribution in [3.8, 4) is 33.8 Å². The van der Waals surface area contributed by atoms with E-state index in [-0.39, 0.29) is 11.7 Å². The summed E-state index contributed by atoms with van der Waals surface area (Å²) in [6.07, 6.45) is 0. The van der Waals surface area contributed by atoms with Crippen molar-refractivity contribution in [2.24, 2.45) is 0 Å². The summed E-state index contributed by atoms with van der Waals surface area (Å²) in [5.74, 6) is 0.276. The number of rotatable bonds is 7. The molecule has 0 bridgehead atoms. The first kappa shape index (κ1) is 30.6. The van der Waals surface area contributed by atoms with Crippen LogP contribution >= 0.6 is 15.9 Å². The van der Waals surface area contributed by atoms with Crippen LogP contribution in [-0.4, -0.2) is 33.2 Å². The van der Waals surface area contributed by atoms with Crippen LogP contribution < -0.4 is 5.32 Å². The van der Waals surface area contributed by atoms with Crippen molar-refractivity contribution in [3.63, 3.8) is 0 Å². The molecule has 0 aliphatic rings. The Morgan fingerprint density at radius 1 is 0.783 bits per heavy atom. The maximum Gasteiger partial charge on any atom is 0.255 e. The number of carbonyl (C=O) groups is 1. The lowest BCUT2D eigenvalue weighted by Gasteiger charge is -2.05. The number of aromatic nitrogens is 4. The fraction of sp³-hybridized carbons (Fsp3) is 0.0811. The van der Waals surface area contributed by atoms with E-state index in [0.717, 1.165) is 27.6 Å². The van der Waals surface area contributed by atoms with E-state index >= 15 is 0 Å². The highest BCUT2D eigenvalue weighted by Crippen LogP contribution is 2.36. The van der Waals surface area contributed by atoms with Gasteiger partial charge in [0.15, 0.2) is 0 Å². The van der Waals surface area contributed by atoms with Gasteiger partial charge in [-0.3, -0.25) is 4.79 Å². The molecule has 2 aromatic heterocycles. The lowest BCUT2D eigenvalue weighted by molar-refractivity contribution is 0.0964. The van der Waals surface area contributed by atoms with Crippen molar-refractivity contribution in [1.82, 2.24) is 25.5 Å². The maximum atomic E-state index is 13.5. The molecule has 7 rings (SSSR count). The predicted octanol–water partition coefficient (Wildman–Crippen LogP) is 8.55. The second-order valence-electron chi connectivity index (χ2n) is 10.4. The number of hydrogen-bond acceptors (Lipinski definition) is 5. The van der Waals surface area contributed by atoms with Crippen molar-refractivity contribution in [1.29, 1.82) is 0 Å². The predicted molar refractivity (Wildman–Crippen MR) is 182 cm³/mol. The Bertz CT molecular complexity index is 2080. The summed E-state index contributed by atoms with van der Waals surface area (Å²) in [4.78, 5) is 14.5. The molecule has 228 valence electrons. The molecule has 46 heavy (non-hydrogen) atoms. The molecule has 2 heterocycles. The number of nitrogens with one attached hydrogen (secondary N) is 1. The van der Waals surface area contributed by atoms with Crippen molar-refractivity contribution in [3.05, 3.63) is 150 Å². The molecule has 5 aromatic carbocycles. The molecule has 0 saturated heterocycles. The monoisotopic (exact) mass is 673 g/mol. The molecular weight excluding hydrogens is 645 g/mol. The molecular formula is C37H29BrFN5O2. The van der Waals surface area contributed by atoms with Crippen LogP contribution in [0.15, 0.2) is 132 Å². The number of halogens is 2. The van der Waals surface area contributed by atoms with E-state index in [0.29, 0.717) is 40.2 Å². The van der Waals surface area contributed by atoms with Crippen molar-refractivity contribution < 1.29 is 13.6 Å². The van der Waals surface area contributed by atoms with E-state index in [1.807, 2.05) is 91.0 Å². The lowest BCUT2D eigenvalue weighted by Crippen LogP contribution is -2.18. The van der Waals surface area contributed by atoms with Gasteiger partial charge in [-0.25, -0.2) is 4.39 Å². The van der Waals surface area contributed by atoms with Crippen LogP contribution in [0.2, 0.25) is 0 Å². The highest BCUT2D eigenvalue weighted by molar-refractivity contribution is 9.08. The van der Waals surface area contributed by atoms with E-state index in [1.165, 1.54) is 17.7 Å². The Hall–Kier alpha value is -5.41. The van der Waals surface area contributed by atoms with Gasteiger partial charge in [0, 0.05) is 28.9 Å². The number of alkyl halides is 1. The third-order valence-electron chi connectivity index (χ3n) is 7.32. The van der Waals surface area contributed by atoms with Crippen LogP contribution in [-0.2, 0) is 11.9 Å². The molecule has 7 aromatic rings. The average Bonchev–Trinajstić information content (AvgIpc) is 3.74. The second-order valence-corrected chi connectivity index (χ2v) is 11.0. The third-order valence-corrected chi connectivity index (χ3v) is 7.97. The van der Waals surface area contributed by atoms with Gasteiger partial charge in [-0.1, -0.05) is 101 Å². The van der Waals surface area contributed by atoms with Crippen LogP contribution in [0.5, 0.6) is 0 Å². The first-order chi connectivity index (χ1) is 22.5. The zero-order valence-corrected chi connectivity index (χ0v) is 26.5. The molecule has 0 radical (unpaired) electrons. The quantitative estimate of drug-likeness (QED) is 0.171. The Morgan fingerprint density at radius 3 is 2.11 bits per heavy atom. The SMILES string of the molecule is BrCc1ccccc1.CNC(=O)c1c(-c2ccc(F)cc2)oc2ccc(-c3cccc(-c4nnn(Cc5ccccc5)n4)c3)cc12. The Kier molecular flexibility index (Phi) is 9.40. The summed E-state index contributed by atoms with van der Waals surface area (Å²) in [6.45, 7) is 0.531. The van der Waals surface area contributed by atoms with Gasteiger partial charge < -0.3 is 9.73 Å². The number of nitrogens with zero attached hydrogens (tertiary/aromatic N) is 4. The van der Waals surface area contributed by atoms with Gasteiger partial charge in [0.1, 0.15) is 17.2 Å². The highest BCUT2D eigenvalue weighted by atomic mass is 79.9. The number of hydrogen-bond donors (Lipinski definition) is 1. The second kappa shape index (κ2) is 14.1. The van der Waals surface area contributed by atoms with Crippen LogP contribution in [0.1, 0.15) is 21.5 Å². The van der Waals surface area contributed by atoms with Crippen LogP contribution in [0, 0.1) is 5.82 Å². The standard InChI is InChI=1S/C30H22FN5O2.C7H7Br/c1-32-30(37)27-25-17-22(12-15-26(25)38-28(27)20-10-13-24(31)14-11-20)21-8-5-9-23(16-21)29-33-35-36(34-29)18-19-6-3-2-4-7-19;8-6-7-4-2-1-3-5-7/h2-17H,18H2,1H3,(H,32,37);1-5H,6H2. The van der Waals surface area contributed by atoms with E-state index in [4.69, 9.17) is 4.42 Å². The van der Waals surface area contributed by atoms with Gasteiger partial charge in [0.05, 0.1) is 12.1 Å². The fourth-order valence-electron chi connectivity index (χ4n) is 5.01. The average molecular weight is 675 g/mol. The molecule has 1 amide bonds. The summed E-state index contributed by atoms with van der Waals surface area (Å²) >= 11 is 3.36. The molecule has 7 nitrogen and oxygen atoms in total. The summed E-state index contributed by atoms with van der Waals surface area (Å²) in [7, 11) is 1.57. The van der Waals surface area contributed by atoms with Gasteiger partial charge in [0.2, 0.25) is 5.82 Å². The van der Waals surface area contributed by atoms with E-state index in [9.17, 15) is 9.18 Å². The van der Waals surface area contributed by atoms with Crippen LogP contribution in [0.3, 0.4) is 0 Å². The molecule has 0 saturated carbocycles. The summed E-state index contributed by atoms with van der Waals surface area (Å²) in [5, 5.41) is 17.3. The van der Waals surface area contributed by atoms with Crippen LogP contribution in [0.25, 0.3) is 44.8 Å². The fourth-order valence-corrected chi connectivity index (χ4v) is 5.38. The summed E-state index contributed by atoms with van der Waals surface area (Å²) in [5.41, 5.74) is 6.65. The molecule has 9 heteroatoms. The van der Waals surface area contributed by atoms with Crippen LogP contribution in [0.4, 0.5) is 4.39 Å². The molecule has 1 N–H and O–H groups in total. The molecule has 0 aliphatic carbocycles. The smallest absolute Gasteiger partial charge is 0.255 e. The topological polar surface area (TPSA) is 85.8 Å². The Morgan fingerprint density at radius 2 is 1.43 bits per heavy atom. The van der Waals surface area contributed by atoms with Gasteiger partial charge >= 0.3 is 0 Å². The molecule has 0 aliphatic heterocycles. The van der Waals surface area contributed by atoms with E-state index in [1.54, 1.807) is 24.0 Å². The largest absolute Gasteiger partial charge is 0.455 e. The number of tetrazole rings is 1. The molecule has 0 atom stereocenters. The first-order valence-corrected chi connectivity index (χ1v) is 15.7. The van der Waals surface area contributed by atoms with Crippen molar-refractivity contribution in [2.75, 3.05) is 7.05 Å². The Labute approximate surface area is 273 Å².